The molecule has 1 unspecified atom stereocenters. The third kappa shape index (κ3) is 2.78. The number of hydrogen-bond acceptors (Lipinski definition) is 4. The molecule has 0 aromatic rings. The van der Waals surface area contributed by atoms with Gasteiger partial charge in [0, 0.05) is 20.1 Å². The Morgan fingerprint density at radius 3 is 2.41 bits per heavy atom. The third-order valence-corrected chi connectivity index (χ3v) is 4.08. The predicted octanol–water partition coefficient (Wildman–Crippen LogP) is 0.946. The zero-order valence-electron chi connectivity index (χ0n) is 10.0. The molecule has 0 spiro atoms. The largest absolute Gasteiger partial charge is 0.366 e. The van der Waals surface area contributed by atoms with Gasteiger partial charge in [0.15, 0.2) is 5.11 Å². The molecule has 4 nitrogen and oxygen atoms in total. The predicted molar refractivity (Wildman–Crippen MR) is 80.1 cm³/mol. The second kappa shape index (κ2) is 5.79. The van der Waals surface area contributed by atoms with E-state index in [9.17, 15) is 4.79 Å². The van der Waals surface area contributed by atoms with Crippen LogP contribution in [0.25, 0.3) is 0 Å². The van der Waals surface area contributed by atoms with Crippen LogP contribution in [0, 0.1) is 5.92 Å². The summed E-state index contributed by atoms with van der Waals surface area (Å²) in [7, 11) is 1.74. The maximum Gasteiger partial charge on any atom is 0.243 e. The van der Waals surface area contributed by atoms with Crippen molar-refractivity contribution < 1.29 is 4.79 Å². The first-order valence-corrected chi connectivity index (χ1v) is 6.57. The van der Waals surface area contributed by atoms with Gasteiger partial charge < -0.3 is 15.1 Å². The van der Waals surface area contributed by atoms with E-state index in [0.29, 0.717) is 15.1 Å². The lowest BCUT2D eigenvalue weighted by Gasteiger charge is -2.35. The topological polar surface area (TPSA) is 35.6 Å². The molecule has 17 heavy (non-hydrogen) atoms. The van der Waals surface area contributed by atoms with Crippen LogP contribution in [-0.2, 0) is 4.79 Å². The molecular formula is C10H15N3OS3. The molecule has 7 heteroatoms. The van der Waals surface area contributed by atoms with E-state index < -0.39 is 5.92 Å². The highest BCUT2D eigenvalue weighted by Gasteiger charge is 2.37. The summed E-state index contributed by atoms with van der Waals surface area (Å²) >= 11 is 15.6. The van der Waals surface area contributed by atoms with Gasteiger partial charge in [-0.25, -0.2) is 0 Å². The first-order valence-electron chi connectivity index (χ1n) is 5.35. The molecule has 1 heterocycles. The summed E-state index contributed by atoms with van der Waals surface area (Å²) in [5, 5.41) is 2.94. The summed E-state index contributed by atoms with van der Waals surface area (Å²) in [6.07, 6.45) is 0. The fourth-order valence-electron chi connectivity index (χ4n) is 1.60. The Morgan fingerprint density at radius 1 is 1.41 bits per heavy atom. The van der Waals surface area contributed by atoms with E-state index in [1.165, 1.54) is 0 Å². The van der Waals surface area contributed by atoms with Gasteiger partial charge in [0.2, 0.25) is 5.91 Å². The number of hydrogen-bond donors (Lipinski definition) is 1. The fourth-order valence-corrected chi connectivity index (χ4v) is 2.72. The zero-order valence-corrected chi connectivity index (χ0v) is 12.5. The molecule has 0 aromatic carbocycles. The molecular weight excluding hydrogens is 274 g/mol. The molecule has 1 amide bonds. The minimum atomic E-state index is -0.573. The van der Waals surface area contributed by atoms with Gasteiger partial charge in [0.05, 0.1) is 4.99 Å². The number of carbonyl (C=O) groups excluding carboxylic acids is 1. The molecule has 0 bridgehead atoms. The molecule has 0 saturated carbocycles. The third-order valence-electron chi connectivity index (χ3n) is 2.70. The highest BCUT2D eigenvalue weighted by Crippen LogP contribution is 2.15. The molecule has 1 aliphatic heterocycles. The van der Waals surface area contributed by atoms with E-state index in [1.807, 2.05) is 18.7 Å². The highest BCUT2D eigenvalue weighted by molar-refractivity contribution is 7.83. The van der Waals surface area contributed by atoms with Crippen LogP contribution in [0.15, 0.2) is 0 Å². The van der Waals surface area contributed by atoms with Crippen molar-refractivity contribution in [3.63, 3.8) is 0 Å². The molecule has 0 aromatic heterocycles. The van der Waals surface area contributed by atoms with Crippen molar-refractivity contribution in [3.8, 4) is 0 Å². The molecule has 1 saturated heterocycles. The van der Waals surface area contributed by atoms with Crippen LogP contribution in [0.1, 0.15) is 13.8 Å². The summed E-state index contributed by atoms with van der Waals surface area (Å²) in [6.45, 7) is 5.51. The summed E-state index contributed by atoms with van der Waals surface area (Å²) < 4.78 is 0. The van der Waals surface area contributed by atoms with E-state index in [1.54, 1.807) is 11.9 Å². The molecule has 1 aliphatic rings. The molecule has 0 aliphatic carbocycles. The van der Waals surface area contributed by atoms with Gasteiger partial charge in [-0.2, -0.15) is 0 Å². The van der Waals surface area contributed by atoms with Crippen molar-refractivity contribution in [1.29, 1.82) is 0 Å². The minimum absolute atomic E-state index is 0.227. The van der Waals surface area contributed by atoms with Crippen molar-refractivity contribution in [2.24, 2.45) is 5.92 Å². The average Bonchev–Trinajstić information content (AvgIpc) is 2.28. The van der Waals surface area contributed by atoms with Crippen molar-refractivity contribution in [2.45, 2.75) is 13.8 Å². The maximum atomic E-state index is 11.9. The normalized spacial score (nSPS) is 20.3. The molecule has 1 fully saturated rings. The first-order chi connectivity index (χ1) is 7.93. The molecule has 0 radical (unpaired) electrons. The van der Waals surface area contributed by atoms with Crippen LogP contribution in [0.5, 0.6) is 0 Å². The van der Waals surface area contributed by atoms with E-state index in [0.717, 1.165) is 13.1 Å². The van der Waals surface area contributed by atoms with Gasteiger partial charge in [0.1, 0.15) is 10.9 Å². The lowest BCUT2D eigenvalue weighted by molar-refractivity contribution is -0.120. The Labute approximate surface area is 117 Å². The Hall–Kier alpha value is -0.660. The summed E-state index contributed by atoms with van der Waals surface area (Å²) in [5.74, 6) is -0.799. The van der Waals surface area contributed by atoms with Crippen molar-refractivity contribution >= 4 is 57.7 Å². The second-order valence-electron chi connectivity index (χ2n) is 3.64. The SMILES string of the molecule is CCN(CC)C(=S)C1C(=O)NC(=S)N(C)C1=S. The second-order valence-corrected chi connectivity index (χ2v) is 4.86. The Bertz CT molecular complexity index is 379. The van der Waals surface area contributed by atoms with Gasteiger partial charge in [-0.3, -0.25) is 4.79 Å². The molecule has 94 valence electrons. The Morgan fingerprint density at radius 2 is 1.94 bits per heavy atom. The lowest BCUT2D eigenvalue weighted by Crippen LogP contribution is -2.59. The van der Waals surface area contributed by atoms with Gasteiger partial charge >= 0.3 is 0 Å². The number of nitrogens with one attached hydrogen (secondary N) is 1. The van der Waals surface area contributed by atoms with E-state index >= 15 is 0 Å². The quantitative estimate of drug-likeness (QED) is 0.779. The number of amides is 1. The average molecular weight is 289 g/mol. The van der Waals surface area contributed by atoms with Crippen LogP contribution >= 0.6 is 36.7 Å². The molecule has 1 N–H and O–H groups in total. The van der Waals surface area contributed by atoms with Crippen LogP contribution < -0.4 is 5.32 Å². The van der Waals surface area contributed by atoms with Crippen LogP contribution in [0.3, 0.4) is 0 Å². The number of nitrogens with zero attached hydrogens (tertiary/aromatic N) is 2. The lowest BCUT2D eigenvalue weighted by atomic mass is 10.1. The summed E-state index contributed by atoms with van der Waals surface area (Å²) in [4.78, 5) is 16.5. The zero-order chi connectivity index (χ0) is 13.2. The van der Waals surface area contributed by atoms with E-state index in [4.69, 9.17) is 36.7 Å². The van der Waals surface area contributed by atoms with Crippen molar-refractivity contribution in [3.05, 3.63) is 0 Å². The van der Waals surface area contributed by atoms with Crippen LogP contribution in [-0.4, -0.2) is 50.9 Å². The Balaban J connectivity index is 2.96. The summed E-state index contributed by atoms with van der Waals surface area (Å²) in [5.41, 5.74) is 0. The van der Waals surface area contributed by atoms with Crippen LogP contribution in [0.4, 0.5) is 0 Å². The van der Waals surface area contributed by atoms with Gasteiger partial charge in [-0.05, 0) is 26.1 Å². The van der Waals surface area contributed by atoms with E-state index in [-0.39, 0.29) is 5.91 Å². The maximum absolute atomic E-state index is 11.9. The minimum Gasteiger partial charge on any atom is -0.366 e. The van der Waals surface area contributed by atoms with Gasteiger partial charge in [-0.1, -0.05) is 24.4 Å². The summed E-state index contributed by atoms with van der Waals surface area (Å²) in [6, 6.07) is 0. The van der Waals surface area contributed by atoms with E-state index in [2.05, 4.69) is 5.32 Å². The van der Waals surface area contributed by atoms with Gasteiger partial charge in [0.25, 0.3) is 0 Å². The number of carbonyl (C=O) groups is 1. The molecule has 1 rings (SSSR count). The van der Waals surface area contributed by atoms with Crippen LogP contribution in [0.2, 0.25) is 0 Å². The smallest absolute Gasteiger partial charge is 0.243 e. The van der Waals surface area contributed by atoms with Crippen molar-refractivity contribution in [1.82, 2.24) is 15.1 Å². The fraction of sp³-hybridized carbons (Fsp3) is 0.600. The molecule has 1 atom stereocenters. The number of thiocarbonyl (C=S) groups is 3. The first kappa shape index (κ1) is 14.4. The standard InChI is InChI=1S/C10H15N3OS3/c1-4-13(5-2)9(16)6-7(14)11-10(17)12(3)8(6)15/h6H,4-5H2,1-3H3,(H,11,14,17). The van der Waals surface area contributed by atoms with Crippen molar-refractivity contribution in [2.75, 3.05) is 20.1 Å². The monoisotopic (exact) mass is 289 g/mol. The highest BCUT2D eigenvalue weighted by atomic mass is 32.1. The van der Waals surface area contributed by atoms with Gasteiger partial charge in [-0.15, -0.1) is 0 Å². The number of rotatable bonds is 3. The Kier molecular flexibility index (Phi) is 4.91.